The molecule has 1 N–H and O–H groups in total. The van der Waals surface area contributed by atoms with Gasteiger partial charge in [-0.3, -0.25) is 18.6 Å². The highest BCUT2D eigenvalue weighted by Gasteiger charge is 2.24. The summed E-state index contributed by atoms with van der Waals surface area (Å²) in [4.78, 5) is 34.2. The van der Waals surface area contributed by atoms with Crippen molar-refractivity contribution in [3.8, 4) is 0 Å². The predicted octanol–water partition coefficient (Wildman–Crippen LogP) is 10.4. The Labute approximate surface area is 280 Å². The van der Waals surface area contributed by atoms with E-state index in [2.05, 4.69) is 79.1 Å². The first-order chi connectivity index (χ1) is 22.3. The van der Waals surface area contributed by atoms with E-state index in [9.17, 15) is 19.0 Å². The maximum absolute atomic E-state index is 12.4. The molecule has 0 rings (SSSR count). The van der Waals surface area contributed by atoms with E-state index < -0.39 is 32.5 Å². The molecule has 0 spiro atoms. The zero-order valence-electron chi connectivity index (χ0n) is 29.0. The van der Waals surface area contributed by atoms with Gasteiger partial charge in [-0.15, -0.1) is 0 Å². The van der Waals surface area contributed by atoms with Gasteiger partial charge >= 0.3 is 19.8 Å². The summed E-state index contributed by atoms with van der Waals surface area (Å²) in [6.07, 6.45) is 38.5. The van der Waals surface area contributed by atoms with Gasteiger partial charge < -0.3 is 14.4 Å². The van der Waals surface area contributed by atoms with Crippen LogP contribution in [0.2, 0.25) is 0 Å². The second-order valence-corrected chi connectivity index (χ2v) is 12.8. The molecule has 2 unspecified atom stereocenters. The third kappa shape index (κ3) is 31.7. The molecule has 0 aromatic carbocycles. The molecule has 0 saturated carbocycles. The van der Waals surface area contributed by atoms with Crippen LogP contribution in [0.3, 0.4) is 0 Å². The van der Waals surface area contributed by atoms with Gasteiger partial charge in [0.15, 0.2) is 6.10 Å². The highest BCUT2D eigenvalue weighted by Crippen LogP contribution is 2.42. The molecule has 0 amide bonds. The summed E-state index contributed by atoms with van der Waals surface area (Å²) in [5.74, 6) is -0.872. The fourth-order valence-electron chi connectivity index (χ4n) is 4.29. The molecule has 0 fully saturated rings. The van der Waals surface area contributed by atoms with Gasteiger partial charge in [0.1, 0.15) is 6.61 Å². The van der Waals surface area contributed by atoms with E-state index in [0.717, 1.165) is 84.2 Å². The Hall–Kier alpha value is -2.25. The van der Waals surface area contributed by atoms with E-state index in [-0.39, 0.29) is 19.4 Å². The van der Waals surface area contributed by atoms with Crippen molar-refractivity contribution in [3.05, 3.63) is 60.8 Å². The topological polar surface area (TPSA) is 108 Å². The Balaban J connectivity index is 4.22. The van der Waals surface area contributed by atoms with Crippen molar-refractivity contribution in [1.82, 2.24) is 0 Å². The first-order valence-corrected chi connectivity index (χ1v) is 19.0. The molecule has 0 aromatic heterocycles. The Morgan fingerprint density at radius 3 is 1.72 bits per heavy atom. The van der Waals surface area contributed by atoms with Gasteiger partial charge in [0, 0.05) is 20.0 Å². The highest BCUT2D eigenvalue weighted by molar-refractivity contribution is 7.47. The monoisotopic (exact) mass is 666 g/mol. The van der Waals surface area contributed by atoms with Crippen molar-refractivity contribution in [2.45, 2.75) is 142 Å². The minimum atomic E-state index is -4.27. The highest BCUT2D eigenvalue weighted by atomic mass is 31.2. The molecule has 264 valence electrons. The van der Waals surface area contributed by atoms with Crippen LogP contribution in [0, 0.1) is 0 Å². The van der Waals surface area contributed by atoms with Crippen LogP contribution in [-0.4, -0.2) is 43.3 Å². The summed E-state index contributed by atoms with van der Waals surface area (Å²) in [7, 11) is -3.22. The van der Waals surface area contributed by atoms with E-state index in [0.29, 0.717) is 6.42 Å². The second-order valence-electron chi connectivity index (χ2n) is 11.3. The number of allylic oxidation sites excluding steroid dienone is 10. The van der Waals surface area contributed by atoms with Crippen LogP contribution in [0.25, 0.3) is 0 Å². The molecule has 46 heavy (non-hydrogen) atoms. The van der Waals surface area contributed by atoms with E-state index in [1.807, 2.05) is 0 Å². The summed E-state index contributed by atoms with van der Waals surface area (Å²) in [6, 6.07) is 0. The number of hydrogen-bond acceptors (Lipinski definition) is 7. The third-order valence-electron chi connectivity index (χ3n) is 7.00. The van der Waals surface area contributed by atoms with Crippen molar-refractivity contribution in [2.24, 2.45) is 0 Å². The van der Waals surface area contributed by atoms with Crippen molar-refractivity contribution in [3.63, 3.8) is 0 Å². The number of esters is 2. The minimum Gasteiger partial charge on any atom is -0.462 e. The lowest BCUT2D eigenvalue weighted by atomic mass is 10.1. The number of unbranched alkanes of at least 4 members (excludes halogenated alkanes) is 10. The first-order valence-electron chi connectivity index (χ1n) is 17.5. The Kier molecular flexibility index (Phi) is 31.1. The molecule has 0 radical (unpaired) electrons. The molecule has 0 bridgehead atoms. The Bertz CT molecular complexity index is 938. The number of phosphoric acid groups is 1. The number of hydrogen-bond donors (Lipinski definition) is 1. The van der Waals surface area contributed by atoms with Crippen LogP contribution in [0.4, 0.5) is 0 Å². The largest absolute Gasteiger partial charge is 0.472 e. The maximum Gasteiger partial charge on any atom is 0.472 e. The fraction of sp³-hybridized carbons (Fsp3) is 0.676. The van der Waals surface area contributed by atoms with Gasteiger partial charge in [0.2, 0.25) is 0 Å². The fourth-order valence-corrected chi connectivity index (χ4v) is 4.75. The zero-order valence-corrected chi connectivity index (χ0v) is 29.8. The summed E-state index contributed by atoms with van der Waals surface area (Å²) >= 11 is 0. The average Bonchev–Trinajstić information content (AvgIpc) is 3.04. The van der Waals surface area contributed by atoms with Gasteiger partial charge in [0.05, 0.1) is 6.61 Å². The van der Waals surface area contributed by atoms with Crippen molar-refractivity contribution >= 4 is 19.8 Å². The van der Waals surface area contributed by atoms with Gasteiger partial charge in [0.25, 0.3) is 0 Å². The van der Waals surface area contributed by atoms with Crippen molar-refractivity contribution < 1.29 is 37.6 Å². The molecule has 0 aliphatic carbocycles. The van der Waals surface area contributed by atoms with Crippen LogP contribution >= 0.6 is 7.82 Å². The average molecular weight is 667 g/mol. The van der Waals surface area contributed by atoms with Crippen LogP contribution in [0.5, 0.6) is 0 Å². The molecule has 9 heteroatoms. The molecule has 0 aliphatic heterocycles. The standard InChI is InChI=1S/C37H63O8P/c1-4-6-8-10-12-14-16-18-19-20-22-24-26-28-30-32-37(39)45-35(34-44-46(40,41)42-3)33-43-36(38)31-29-27-25-23-21-17-15-13-11-9-7-5-2/h6,8,12-15,18-19,22,24,35H,4-5,7,9-11,16-17,20-21,23,25-34H2,1-3H3,(H,40,41)/b8-6-,14-12-,15-13-,19-18-,24-22-. The quantitative estimate of drug-likeness (QED) is 0.0337. The van der Waals surface area contributed by atoms with Gasteiger partial charge in [-0.25, -0.2) is 4.57 Å². The lowest BCUT2D eigenvalue weighted by Crippen LogP contribution is -2.29. The number of rotatable bonds is 31. The van der Waals surface area contributed by atoms with Gasteiger partial charge in [-0.05, 0) is 77.0 Å². The summed E-state index contributed by atoms with van der Waals surface area (Å²) in [6.45, 7) is 3.67. The van der Waals surface area contributed by atoms with Gasteiger partial charge in [-0.2, -0.15) is 0 Å². The number of carbonyl (C=O) groups is 2. The number of ether oxygens (including phenoxy) is 2. The summed E-state index contributed by atoms with van der Waals surface area (Å²) in [5, 5.41) is 0. The van der Waals surface area contributed by atoms with Crippen molar-refractivity contribution in [1.29, 1.82) is 0 Å². The SMILES string of the molecule is CC/C=C\C/C=C\C/C=C\C/C=C\CCCCC(=O)OC(COC(=O)CCCCCCC/C=C\CCCCC)COP(=O)(O)OC. The number of carbonyl (C=O) groups excluding carboxylic acids is 2. The summed E-state index contributed by atoms with van der Waals surface area (Å²) < 4.78 is 31.7. The lowest BCUT2D eigenvalue weighted by molar-refractivity contribution is -0.161. The van der Waals surface area contributed by atoms with Crippen LogP contribution < -0.4 is 0 Å². The minimum absolute atomic E-state index is 0.188. The first kappa shape index (κ1) is 43.8. The molecule has 0 aromatic rings. The molecule has 0 heterocycles. The summed E-state index contributed by atoms with van der Waals surface area (Å²) in [5.41, 5.74) is 0. The molecule has 0 saturated heterocycles. The van der Waals surface area contributed by atoms with Crippen LogP contribution in [0.1, 0.15) is 136 Å². The number of phosphoric ester groups is 1. The molecule has 0 aliphatic rings. The van der Waals surface area contributed by atoms with E-state index in [4.69, 9.17) is 14.0 Å². The second kappa shape index (κ2) is 32.7. The smallest absolute Gasteiger partial charge is 0.462 e. The van der Waals surface area contributed by atoms with Crippen molar-refractivity contribution in [2.75, 3.05) is 20.3 Å². The normalized spacial score (nSPS) is 14.3. The molecular formula is C37H63O8P. The van der Waals surface area contributed by atoms with E-state index in [1.54, 1.807) is 0 Å². The maximum atomic E-state index is 12.4. The van der Waals surface area contributed by atoms with Crippen LogP contribution in [-0.2, 0) is 32.7 Å². The molecular weight excluding hydrogens is 603 g/mol. The lowest BCUT2D eigenvalue weighted by Gasteiger charge is -2.19. The molecule has 2 atom stereocenters. The van der Waals surface area contributed by atoms with Crippen LogP contribution in [0.15, 0.2) is 60.8 Å². The van der Waals surface area contributed by atoms with E-state index >= 15 is 0 Å². The Morgan fingerprint density at radius 2 is 1.11 bits per heavy atom. The third-order valence-corrected chi connectivity index (χ3v) is 7.93. The molecule has 8 nitrogen and oxygen atoms in total. The zero-order chi connectivity index (χ0) is 34.0. The Morgan fingerprint density at radius 1 is 0.630 bits per heavy atom. The van der Waals surface area contributed by atoms with E-state index in [1.165, 1.54) is 25.7 Å². The van der Waals surface area contributed by atoms with Gasteiger partial charge in [-0.1, -0.05) is 107 Å². The predicted molar refractivity (Wildman–Crippen MR) is 188 cm³/mol.